The van der Waals surface area contributed by atoms with Crippen LogP contribution in [0.5, 0.6) is 0 Å². The molecule has 3 N–H and O–H groups in total. The first-order valence-corrected chi connectivity index (χ1v) is 8.95. The molecule has 2 aromatic heterocycles. The highest BCUT2D eigenvalue weighted by molar-refractivity contribution is 9.10. The van der Waals surface area contributed by atoms with Gasteiger partial charge in [0.25, 0.3) is 0 Å². The van der Waals surface area contributed by atoms with Crippen molar-refractivity contribution >= 4 is 44.5 Å². The maximum absolute atomic E-state index is 12.7. The van der Waals surface area contributed by atoms with Crippen LogP contribution in [-0.2, 0) is 11.8 Å². The Labute approximate surface area is 157 Å². The van der Waals surface area contributed by atoms with E-state index in [9.17, 15) is 9.90 Å². The lowest BCUT2D eigenvalue weighted by Gasteiger charge is -2.12. The van der Waals surface area contributed by atoms with Crippen LogP contribution >= 0.6 is 15.9 Å². The van der Waals surface area contributed by atoms with Crippen molar-refractivity contribution in [1.82, 2.24) is 19.7 Å². The number of nitrogens with zero attached hydrogens (tertiary/aromatic N) is 4. The Balaban J connectivity index is 1.88. The van der Waals surface area contributed by atoms with E-state index in [-0.39, 0.29) is 5.91 Å². The number of rotatable bonds is 4. The Morgan fingerprint density at radius 1 is 1.42 bits per heavy atom. The van der Waals surface area contributed by atoms with E-state index in [1.165, 1.54) is 0 Å². The van der Waals surface area contributed by atoms with Gasteiger partial charge in [-0.2, -0.15) is 10.1 Å². The minimum Gasteiger partial charge on any atom is -0.392 e. The molecule has 0 radical (unpaired) electrons. The standard InChI is InChI=1S/C17H17BrN6O2/c1-8(25)6-19-17-21-14(11-7-24(2)23-15(11)22-17)13-10-5-9(18)3-4-12(10)20-16(13)26/h3-5,7-8,13,25H,6H2,1-2H3,(H,20,26)(H,19,22,23)/t8-,13?/m1/s1. The lowest BCUT2D eigenvalue weighted by molar-refractivity contribution is -0.116. The highest BCUT2D eigenvalue weighted by Crippen LogP contribution is 2.40. The topological polar surface area (TPSA) is 105 Å². The molecule has 0 saturated heterocycles. The van der Waals surface area contributed by atoms with Crippen molar-refractivity contribution in [1.29, 1.82) is 0 Å². The Bertz CT molecular complexity index is 1020. The largest absolute Gasteiger partial charge is 0.392 e. The van der Waals surface area contributed by atoms with Crippen LogP contribution in [0, 0.1) is 0 Å². The lowest BCUT2D eigenvalue weighted by atomic mass is 9.95. The van der Waals surface area contributed by atoms with Crippen LogP contribution in [0.3, 0.4) is 0 Å². The fourth-order valence-corrected chi connectivity index (χ4v) is 3.46. The Hall–Kier alpha value is -2.52. The summed E-state index contributed by atoms with van der Waals surface area (Å²) < 4.78 is 2.54. The molecule has 1 amide bonds. The molecule has 8 nitrogen and oxygen atoms in total. The fourth-order valence-electron chi connectivity index (χ4n) is 3.08. The Kier molecular flexibility index (Phi) is 4.12. The van der Waals surface area contributed by atoms with Crippen LogP contribution in [0.15, 0.2) is 28.9 Å². The van der Waals surface area contributed by atoms with Crippen molar-refractivity contribution < 1.29 is 9.90 Å². The number of fused-ring (bicyclic) bond motifs is 2. The first-order chi connectivity index (χ1) is 12.4. The zero-order valence-electron chi connectivity index (χ0n) is 14.2. The summed E-state index contributed by atoms with van der Waals surface area (Å²) in [5.41, 5.74) is 2.72. The first-order valence-electron chi connectivity index (χ1n) is 8.16. The molecule has 4 rings (SSSR count). The highest BCUT2D eigenvalue weighted by Gasteiger charge is 2.35. The van der Waals surface area contributed by atoms with Crippen LogP contribution in [-0.4, -0.2) is 43.4 Å². The van der Waals surface area contributed by atoms with E-state index >= 15 is 0 Å². The van der Waals surface area contributed by atoms with Gasteiger partial charge >= 0.3 is 0 Å². The number of amides is 1. The van der Waals surface area contributed by atoms with Gasteiger partial charge in [0.2, 0.25) is 11.9 Å². The van der Waals surface area contributed by atoms with Crippen LogP contribution in [0.4, 0.5) is 11.6 Å². The number of halogens is 1. The summed E-state index contributed by atoms with van der Waals surface area (Å²) in [6.45, 7) is 1.97. The Morgan fingerprint density at radius 3 is 3.00 bits per heavy atom. The summed E-state index contributed by atoms with van der Waals surface area (Å²) in [6.07, 6.45) is 1.26. The summed E-state index contributed by atoms with van der Waals surface area (Å²) >= 11 is 3.47. The van der Waals surface area contributed by atoms with E-state index in [4.69, 9.17) is 0 Å². The highest BCUT2D eigenvalue weighted by atomic mass is 79.9. The SMILES string of the molecule is C[C@@H](O)CNc1nc(C2C(=O)Nc3ccc(Br)cc32)c2cn(C)nc2n1. The zero-order chi connectivity index (χ0) is 18.4. The summed E-state index contributed by atoms with van der Waals surface area (Å²) in [7, 11) is 1.80. The molecule has 1 unspecified atom stereocenters. The van der Waals surface area contributed by atoms with Crippen molar-refractivity contribution in [3.05, 3.63) is 40.1 Å². The van der Waals surface area contributed by atoms with Gasteiger partial charge in [-0.05, 0) is 30.7 Å². The van der Waals surface area contributed by atoms with Crippen LogP contribution in [0.1, 0.15) is 24.1 Å². The average Bonchev–Trinajstić information content (AvgIpc) is 3.10. The molecule has 1 aliphatic rings. The lowest BCUT2D eigenvalue weighted by Crippen LogP contribution is -2.19. The first kappa shape index (κ1) is 16.9. The molecule has 0 aliphatic carbocycles. The average molecular weight is 417 g/mol. The molecular weight excluding hydrogens is 400 g/mol. The molecule has 0 spiro atoms. The summed E-state index contributed by atoms with van der Waals surface area (Å²) in [5.74, 6) is -0.351. The van der Waals surface area contributed by atoms with Gasteiger partial charge in [0.1, 0.15) is 5.92 Å². The number of nitrogens with one attached hydrogen (secondary N) is 2. The van der Waals surface area contributed by atoms with Gasteiger partial charge in [0.05, 0.1) is 17.2 Å². The van der Waals surface area contributed by atoms with Crippen LogP contribution < -0.4 is 10.6 Å². The number of aliphatic hydroxyl groups is 1. The molecule has 3 heterocycles. The van der Waals surface area contributed by atoms with Gasteiger partial charge in [-0.3, -0.25) is 9.48 Å². The van der Waals surface area contributed by atoms with Gasteiger partial charge in [-0.1, -0.05) is 15.9 Å². The van der Waals surface area contributed by atoms with E-state index in [1.807, 2.05) is 24.4 Å². The van der Waals surface area contributed by atoms with Crippen molar-refractivity contribution in [3.8, 4) is 0 Å². The molecule has 0 fully saturated rings. The van der Waals surface area contributed by atoms with E-state index < -0.39 is 12.0 Å². The smallest absolute Gasteiger partial charge is 0.238 e. The maximum atomic E-state index is 12.7. The second-order valence-corrected chi connectivity index (χ2v) is 7.27. The molecule has 26 heavy (non-hydrogen) atoms. The number of hydrogen-bond donors (Lipinski definition) is 3. The number of carbonyl (C=O) groups excluding carboxylic acids is 1. The number of carbonyl (C=O) groups is 1. The third-order valence-electron chi connectivity index (χ3n) is 4.20. The molecule has 1 aliphatic heterocycles. The summed E-state index contributed by atoms with van der Waals surface area (Å²) in [5, 5.41) is 20.5. The van der Waals surface area contributed by atoms with E-state index in [2.05, 4.69) is 41.6 Å². The number of aromatic nitrogens is 4. The second-order valence-electron chi connectivity index (χ2n) is 6.36. The minimum absolute atomic E-state index is 0.136. The second kappa shape index (κ2) is 6.33. The van der Waals surface area contributed by atoms with E-state index in [0.717, 1.165) is 21.1 Å². The van der Waals surface area contributed by atoms with E-state index in [0.29, 0.717) is 23.8 Å². The molecule has 3 aromatic rings. The van der Waals surface area contributed by atoms with Crippen LogP contribution in [0.2, 0.25) is 0 Å². The monoisotopic (exact) mass is 416 g/mol. The van der Waals surface area contributed by atoms with Crippen molar-refractivity contribution in [2.45, 2.75) is 18.9 Å². The Morgan fingerprint density at radius 2 is 2.23 bits per heavy atom. The van der Waals surface area contributed by atoms with Gasteiger partial charge in [-0.15, -0.1) is 0 Å². The fraction of sp³-hybridized carbons (Fsp3) is 0.294. The van der Waals surface area contributed by atoms with Gasteiger partial charge in [0.15, 0.2) is 5.65 Å². The summed E-state index contributed by atoms with van der Waals surface area (Å²) in [4.78, 5) is 21.7. The molecule has 2 atom stereocenters. The third-order valence-corrected chi connectivity index (χ3v) is 4.69. The number of benzene rings is 1. The third kappa shape index (κ3) is 2.93. The van der Waals surface area contributed by atoms with Gasteiger partial charge in [-0.25, -0.2) is 4.98 Å². The molecule has 1 aromatic carbocycles. The van der Waals surface area contributed by atoms with Crippen LogP contribution in [0.25, 0.3) is 11.0 Å². The minimum atomic E-state index is -0.552. The quantitative estimate of drug-likeness (QED) is 0.600. The van der Waals surface area contributed by atoms with Gasteiger partial charge in [0, 0.05) is 29.9 Å². The summed E-state index contributed by atoms with van der Waals surface area (Å²) in [6, 6.07) is 5.67. The molecule has 134 valence electrons. The van der Waals surface area contributed by atoms with Crippen molar-refractivity contribution in [2.75, 3.05) is 17.2 Å². The normalized spacial score (nSPS) is 17.2. The number of anilines is 2. The molecular formula is C17H17BrN6O2. The number of hydrogen-bond acceptors (Lipinski definition) is 6. The number of aryl methyl sites for hydroxylation is 1. The predicted octanol–water partition coefficient (Wildman–Crippen LogP) is 2.00. The molecule has 9 heteroatoms. The maximum Gasteiger partial charge on any atom is 0.238 e. The van der Waals surface area contributed by atoms with Gasteiger partial charge < -0.3 is 15.7 Å². The zero-order valence-corrected chi connectivity index (χ0v) is 15.8. The van der Waals surface area contributed by atoms with Crippen molar-refractivity contribution in [2.24, 2.45) is 7.05 Å². The predicted molar refractivity (Wildman–Crippen MR) is 101 cm³/mol. The molecule has 0 saturated carbocycles. The molecule has 0 bridgehead atoms. The number of aliphatic hydroxyl groups excluding tert-OH is 1. The van der Waals surface area contributed by atoms with Crippen molar-refractivity contribution in [3.63, 3.8) is 0 Å². The van der Waals surface area contributed by atoms with E-state index in [1.54, 1.807) is 18.7 Å².